The molecule has 5 nitrogen and oxygen atoms in total. The predicted molar refractivity (Wildman–Crippen MR) is 80.7 cm³/mol. The lowest BCUT2D eigenvalue weighted by Gasteiger charge is -2.08. The molecule has 0 amide bonds. The van der Waals surface area contributed by atoms with Crippen molar-refractivity contribution in [1.82, 2.24) is 9.97 Å². The van der Waals surface area contributed by atoms with Crippen LogP contribution in [0.25, 0.3) is 10.9 Å². The fraction of sp³-hybridized carbons (Fsp3) is 0. The van der Waals surface area contributed by atoms with Crippen LogP contribution in [-0.4, -0.2) is 21.0 Å². The van der Waals surface area contributed by atoms with Crippen LogP contribution in [0.2, 0.25) is 0 Å². The van der Waals surface area contributed by atoms with Crippen molar-refractivity contribution in [3.05, 3.63) is 58.8 Å². The van der Waals surface area contributed by atoms with E-state index in [2.05, 4.69) is 25.9 Å². The quantitative estimate of drug-likeness (QED) is 0.780. The molecule has 3 rings (SSSR count). The number of pyridine rings is 2. The lowest BCUT2D eigenvalue weighted by atomic mass is 10.2. The first kappa shape index (κ1) is 13.5. The molecule has 21 heavy (non-hydrogen) atoms. The van der Waals surface area contributed by atoms with Gasteiger partial charge < -0.3 is 9.84 Å². The number of carboxylic acids is 1. The van der Waals surface area contributed by atoms with Gasteiger partial charge in [-0.2, -0.15) is 0 Å². The zero-order valence-electron chi connectivity index (χ0n) is 10.7. The van der Waals surface area contributed by atoms with Crippen molar-refractivity contribution in [2.45, 2.75) is 0 Å². The van der Waals surface area contributed by atoms with E-state index in [-0.39, 0.29) is 11.4 Å². The Labute approximate surface area is 128 Å². The monoisotopic (exact) mass is 344 g/mol. The van der Waals surface area contributed by atoms with Crippen molar-refractivity contribution >= 4 is 32.8 Å². The number of carboxylic acid groups (broad SMARTS) is 1. The largest absolute Gasteiger partial charge is 0.477 e. The van der Waals surface area contributed by atoms with E-state index >= 15 is 0 Å². The number of aromatic carboxylic acids is 1. The number of fused-ring (bicyclic) bond motifs is 1. The van der Waals surface area contributed by atoms with Gasteiger partial charge in [0.15, 0.2) is 0 Å². The number of ether oxygens (including phenoxy) is 1. The van der Waals surface area contributed by atoms with Crippen molar-refractivity contribution in [3.63, 3.8) is 0 Å². The van der Waals surface area contributed by atoms with Crippen molar-refractivity contribution in [1.29, 1.82) is 0 Å². The number of carbonyl (C=O) groups is 1. The van der Waals surface area contributed by atoms with Gasteiger partial charge in [0.25, 0.3) is 0 Å². The summed E-state index contributed by atoms with van der Waals surface area (Å²) in [6.45, 7) is 0. The van der Waals surface area contributed by atoms with Crippen LogP contribution in [0.3, 0.4) is 0 Å². The highest BCUT2D eigenvalue weighted by Crippen LogP contribution is 2.27. The molecule has 0 aliphatic heterocycles. The molecular formula is C15H9BrN2O3. The first-order valence-corrected chi connectivity index (χ1v) is 6.84. The maximum absolute atomic E-state index is 11.2. The molecule has 0 radical (unpaired) electrons. The standard InChI is InChI=1S/C15H9BrN2O3/c16-10-6-12(15(19)20)14(18-7-10)21-11-5-9-3-1-2-4-13(9)17-8-11/h1-8H,(H,19,20). The third kappa shape index (κ3) is 2.85. The van der Waals surface area contributed by atoms with Crippen LogP contribution in [0.15, 0.2) is 53.3 Å². The van der Waals surface area contributed by atoms with Gasteiger partial charge in [-0.25, -0.2) is 9.78 Å². The Balaban J connectivity index is 2.00. The summed E-state index contributed by atoms with van der Waals surface area (Å²) in [6.07, 6.45) is 3.02. The zero-order valence-corrected chi connectivity index (χ0v) is 12.2. The van der Waals surface area contributed by atoms with Gasteiger partial charge in [-0.3, -0.25) is 4.98 Å². The minimum absolute atomic E-state index is 0.0162. The number of hydrogen-bond donors (Lipinski definition) is 1. The van der Waals surface area contributed by atoms with Crippen LogP contribution >= 0.6 is 15.9 Å². The summed E-state index contributed by atoms with van der Waals surface area (Å²) < 4.78 is 6.13. The predicted octanol–water partition coefficient (Wildman–Crippen LogP) is 3.88. The van der Waals surface area contributed by atoms with E-state index in [0.29, 0.717) is 10.2 Å². The smallest absolute Gasteiger partial charge is 0.341 e. The number of para-hydroxylation sites is 1. The number of halogens is 1. The summed E-state index contributed by atoms with van der Waals surface area (Å²) >= 11 is 3.19. The van der Waals surface area contributed by atoms with Gasteiger partial charge in [0.1, 0.15) is 11.3 Å². The van der Waals surface area contributed by atoms with Crippen molar-refractivity contribution in [2.24, 2.45) is 0 Å². The molecule has 0 atom stereocenters. The van der Waals surface area contributed by atoms with E-state index < -0.39 is 5.97 Å². The summed E-state index contributed by atoms with van der Waals surface area (Å²) in [5.41, 5.74) is 0.824. The van der Waals surface area contributed by atoms with Gasteiger partial charge in [0, 0.05) is 16.1 Å². The molecule has 6 heteroatoms. The summed E-state index contributed by atoms with van der Waals surface area (Å²) in [4.78, 5) is 19.5. The van der Waals surface area contributed by atoms with Crippen molar-refractivity contribution in [2.75, 3.05) is 0 Å². The molecule has 1 N–H and O–H groups in total. The van der Waals surface area contributed by atoms with Gasteiger partial charge in [-0.1, -0.05) is 18.2 Å². The summed E-state index contributed by atoms with van der Waals surface area (Å²) in [5.74, 6) is -0.638. The second kappa shape index (κ2) is 5.49. The van der Waals surface area contributed by atoms with Gasteiger partial charge >= 0.3 is 5.97 Å². The Hall–Kier alpha value is -2.47. The molecule has 0 unspecified atom stereocenters. The average Bonchev–Trinajstić information content (AvgIpc) is 2.49. The number of nitrogens with zero attached hydrogens (tertiary/aromatic N) is 2. The van der Waals surface area contributed by atoms with Gasteiger partial charge in [-0.05, 0) is 34.1 Å². The number of rotatable bonds is 3. The van der Waals surface area contributed by atoms with Crippen LogP contribution in [-0.2, 0) is 0 Å². The molecule has 2 heterocycles. The first-order chi connectivity index (χ1) is 10.1. The molecule has 0 bridgehead atoms. The molecule has 0 saturated heterocycles. The summed E-state index contributed by atoms with van der Waals surface area (Å²) in [5, 5.41) is 10.1. The van der Waals surface area contributed by atoms with Crippen molar-refractivity contribution in [3.8, 4) is 11.6 Å². The minimum Gasteiger partial charge on any atom is -0.477 e. The normalized spacial score (nSPS) is 10.5. The Morgan fingerprint density at radius 3 is 2.76 bits per heavy atom. The highest BCUT2D eigenvalue weighted by Gasteiger charge is 2.14. The Morgan fingerprint density at radius 2 is 1.95 bits per heavy atom. The molecule has 0 fully saturated rings. The second-order valence-corrected chi connectivity index (χ2v) is 5.19. The van der Waals surface area contributed by atoms with Gasteiger partial charge in [0.05, 0.1) is 11.7 Å². The molecular weight excluding hydrogens is 336 g/mol. The molecule has 1 aromatic carbocycles. The van der Waals surface area contributed by atoms with E-state index in [0.717, 1.165) is 10.9 Å². The fourth-order valence-corrected chi connectivity index (χ4v) is 2.21. The van der Waals surface area contributed by atoms with E-state index in [1.54, 1.807) is 6.07 Å². The van der Waals surface area contributed by atoms with Crippen LogP contribution < -0.4 is 4.74 Å². The third-order valence-corrected chi connectivity index (χ3v) is 3.26. The maximum Gasteiger partial charge on any atom is 0.341 e. The number of hydrogen-bond acceptors (Lipinski definition) is 4. The topological polar surface area (TPSA) is 72.3 Å². The molecule has 104 valence electrons. The number of aromatic nitrogens is 2. The van der Waals surface area contributed by atoms with Crippen LogP contribution in [0.4, 0.5) is 0 Å². The maximum atomic E-state index is 11.2. The summed E-state index contributed by atoms with van der Waals surface area (Å²) in [6, 6.07) is 10.8. The van der Waals surface area contributed by atoms with Gasteiger partial charge in [-0.15, -0.1) is 0 Å². The molecule has 2 aromatic heterocycles. The van der Waals surface area contributed by atoms with Crippen LogP contribution in [0, 0.1) is 0 Å². The molecule has 3 aromatic rings. The van der Waals surface area contributed by atoms with Crippen LogP contribution in [0.1, 0.15) is 10.4 Å². The van der Waals surface area contributed by atoms with E-state index in [9.17, 15) is 9.90 Å². The third-order valence-electron chi connectivity index (χ3n) is 2.83. The zero-order chi connectivity index (χ0) is 14.8. The summed E-state index contributed by atoms with van der Waals surface area (Å²) in [7, 11) is 0. The minimum atomic E-state index is -1.10. The average molecular weight is 345 g/mol. The fourth-order valence-electron chi connectivity index (χ4n) is 1.88. The Bertz CT molecular complexity index is 836. The highest BCUT2D eigenvalue weighted by molar-refractivity contribution is 9.10. The first-order valence-electron chi connectivity index (χ1n) is 6.05. The van der Waals surface area contributed by atoms with Crippen molar-refractivity contribution < 1.29 is 14.6 Å². The molecule has 0 spiro atoms. The lowest BCUT2D eigenvalue weighted by molar-refractivity contribution is 0.0693. The van der Waals surface area contributed by atoms with Crippen LogP contribution in [0.5, 0.6) is 11.6 Å². The number of benzene rings is 1. The Kier molecular flexibility index (Phi) is 3.53. The van der Waals surface area contributed by atoms with E-state index in [1.165, 1.54) is 18.5 Å². The molecule has 0 aliphatic rings. The second-order valence-electron chi connectivity index (χ2n) is 4.28. The Morgan fingerprint density at radius 1 is 1.14 bits per heavy atom. The van der Waals surface area contributed by atoms with Gasteiger partial charge in [0.2, 0.25) is 5.88 Å². The molecule has 0 saturated carbocycles. The highest BCUT2D eigenvalue weighted by atomic mass is 79.9. The van der Waals surface area contributed by atoms with E-state index in [4.69, 9.17) is 4.74 Å². The SMILES string of the molecule is O=C(O)c1cc(Br)cnc1Oc1cnc2ccccc2c1. The molecule has 0 aliphatic carbocycles. The van der Waals surface area contributed by atoms with E-state index in [1.807, 2.05) is 24.3 Å². The lowest BCUT2D eigenvalue weighted by Crippen LogP contribution is -2.02.